The van der Waals surface area contributed by atoms with E-state index in [2.05, 4.69) is 36.2 Å². The maximum absolute atomic E-state index is 12.5. The van der Waals surface area contributed by atoms with E-state index in [9.17, 15) is 9.59 Å². The highest BCUT2D eigenvalue weighted by Gasteiger charge is 2.10. The van der Waals surface area contributed by atoms with E-state index >= 15 is 0 Å². The van der Waals surface area contributed by atoms with Gasteiger partial charge in [-0.2, -0.15) is 0 Å². The number of fused-ring (bicyclic) bond motifs is 1. The molecule has 4 aromatic rings. The van der Waals surface area contributed by atoms with Crippen molar-refractivity contribution in [1.82, 2.24) is 25.6 Å². The van der Waals surface area contributed by atoms with Gasteiger partial charge in [0.05, 0.1) is 6.42 Å². The summed E-state index contributed by atoms with van der Waals surface area (Å²) >= 11 is 6.02. The van der Waals surface area contributed by atoms with Crippen molar-refractivity contribution in [3.05, 3.63) is 71.4 Å². The maximum Gasteiger partial charge on any atom is 0.224 e. The lowest BCUT2D eigenvalue weighted by Gasteiger charge is -2.12. The predicted octanol–water partition coefficient (Wildman–Crippen LogP) is 3.60. The Kier molecular flexibility index (Phi) is 8.36. The van der Waals surface area contributed by atoms with Gasteiger partial charge in [-0.25, -0.2) is 9.97 Å². The fourth-order valence-electron chi connectivity index (χ4n) is 3.69. The van der Waals surface area contributed by atoms with E-state index < -0.39 is 0 Å². The van der Waals surface area contributed by atoms with Gasteiger partial charge in [-0.3, -0.25) is 9.59 Å². The fraction of sp³-hybridized carbons (Fsp3) is 0.231. The number of H-pyrrole nitrogens is 1. The number of anilines is 2. The number of nitrogens with one attached hydrogen (secondary N) is 5. The van der Waals surface area contributed by atoms with Gasteiger partial charge in [-0.15, -0.1) is 0 Å². The third-order valence-corrected chi connectivity index (χ3v) is 5.66. The van der Waals surface area contributed by atoms with Gasteiger partial charge in [-0.1, -0.05) is 29.8 Å². The molecule has 2 amide bonds. The molecule has 10 heteroatoms. The Morgan fingerprint density at radius 2 is 1.56 bits per heavy atom. The second-order valence-corrected chi connectivity index (χ2v) is 8.63. The molecule has 0 saturated heterocycles. The largest absolute Gasteiger partial charge is 0.368 e. The van der Waals surface area contributed by atoms with Crippen molar-refractivity contribution in [1.29, 1.82) is 0 Å². The molecule has 0 atom stereocenters. The van der Waals surface area contributed by atoms with Crippen molar-refractivity contribution >= 4 is 46.0 Å². The lowest BCUT2D eigenvalue weighted by molar-refractivity contribution is -0.120. The molecule has 0 aliphatic heterocycles. The number of aromatic amines is 1. The minimum absolute atomic E-state index is 0.0496. The number of para-hydroxylation sites is 1. The SMILES string of the molecule is CC(=O)NCCNc1cc(NCCNC(=O)Cc2c[nH]c3ccccc23)nc(-c2ccc(Cl)cc2)n1. The third kappa shape index (κ3) is 6.96. The number of hydrogen-bond acceptors (Lipinski definition) is 6. The topological polar surface area (TPSA) is 124 Å². The van der Waals surface area contributed by atoms with Crippen LogP contribution < -0.4 is 21.3 Å². The zero-order valence-electron chi connectivity index (χ0n) is 19.9. The number of aromatic nitrogens is 3. The Morgan fingerprint density at radius 1 is 0.889 bits per heavy atom. The van der Waals surface area contributed by atoms with E-state index in [0.717, 1.165) is 22.0 Å². The standard InChI is InChI=1S/C26H28ClN7O2/c1-17(35)28-10-11-29-23-15-24(34-26(33-23)18-6-8-20(27)9-7-18)30-12-13-31-25(36)14-19-16-32-22-5-3-2-4-21(19)22/h2-9,15-16,32H,10-14H2,1H3,(H,28,35)(H,31,36)(H2,29,30,33,34). The van der Waals surface area contributed by atoms with Gasteiger partial charge < -0.3 is 26.3 Å². The first-order valence-corrected chi connectivity index (χ1v) is 12.0. The van der Waals surface area contributed by atoms with Crippen LogP contribution in [0.5, 0.6) is 0 Å². The highest BCUT2D eigenvalue weighted by atomic mass is 35.5. The molecule has 36 heavy (non-hydrogen) atoms. The molecule has 4 rings (SSSR count). The van der Waals surface area contributed by atoms with Crippen LogP contribution in [-0.4, -0.2) is 52.9 Å². The van der Waals surface area contributed by atoms with Crippen molar-refractivity contribution in [2.75, 3.05) is 36.8 Å². The third-order valence-electron chi connectivity index (χ3n) is 5.41. The van der Waals surface area contributed by atoms with Gasteiger partial charge in [0.2, 0.25) is 11.8 Å². The molecule has 2 aromatic carbocycles. The minimum atomic E-state index is -0.0876. The molecule has 2 aromatic heterocycles. The highest BCUT2D eigenvalue weighted by molar-refractivity contribution is 6.30. The van der Waals surface area contributed by atoms with Crippen molar-refractivity contribution < 1.29 is 9.59 Å². The van der Waals surface area contributed by atoms with Crippen LogP contribution in [0.2, 0.25) is 5.02 Å². The summed E-state index contributed by atoms with van der Waals surface area (Å²) < 4.78 is 0. The van der Waals surface area contributed by atoms with Gasteiger partial charge in [0.25, 0.3) is 0 Å². The maximum atomic E-state index is 12.5. The molecule has 0 radical (unpaired) electrons. The fourth-order valence-corrected chi connectivity index (χ4v) is 3.82. The summed E-state index contributed by atoms with van der Waals surface area (Å²) in [6, 6.07) is 17.0. The Morgan fingerprint density at radius 3 is 2.25 bits per heavy atom. The molecular weight excluding hydrogens is 478 g/mol. The van der Waals surface area contributed by atoms with E-state index in [4.69, 9.17) is 11.6 Å². The average Bonchev–Trinajstić information content (AvgIpc) is 3.27. The Labute approximate surface area is 214 Å². The van der Waals surface area contributed by atoms with Crippen LogP contribution in [0.1, 0.15) is 12.5 Å². The lowest BCUT2D eigenvalue weighted by Crippen LogP contribution is -2.30. The molecule has 186 valence electrons. The molecule has 0 bridgehead atoms. The molecule has 0 spiro atoms. The quantitative estimate of drug-likeness (QED) is 0.198. The van der Waals surface area contributed by atoms with Gasteiger partial charge in [0, 0.05) is 66.9 Å². The average molecular weight is 506 g/mol. The van der Waals surface area contributed by atoms with Crippen LogP contribution in [0.15, 0.2) is 60.8 Å². The van der Waals surface area contributed by atoms with Crippen LogP contribution in [-0.2, 0) is 16.0 Å². The van der Waals surface area contributed by atoms with E-state index in [-0.39, 0.29) is 11.8 Å². The summed E-state index contributed by atoms with van der Waals surface area (Å²) in [5.74, 6) is 1.62. The van der Waals surface area contributed by atoms with Crippen LogP contribution in [0.3, 0.4) is 0 Å². The number of halogens is 1. The first kappa shape index (κ1) is 25.0. The second kappa shape index (κ2) is 12.0. The highest BCUT2D eigenvalue weighted by Crippen LogP contribution is 2.22. The van der Waals surface area contributed by atoms with Crippen molar-refractivity contribution in [3.63, 3.8) is 0 Å². The molecule has 0 aliphatic carbocycles. The predicted molar refractivity (Wildman–Crippen MR) is 143 cm³/mol. The summed E-state index contributed by atoms with van der Waals surface area (Å²) in [5, 5.41) is 13.8. The molecule has 5 N–H and O–H groups in total. The number of benzene rings is 2. The van der Waals surface area contributed by atoms with Gasteiger partial charge in [0.1, 0.15) is 11.6 Å². The summed E-state index contributed by atoms with van der Waals surface area (Å²) in [6.45, 7) is 3.39. The number of carbonyl (C=O) groups excluding carboxylic acids is 2. The molecule has 2 heterocycles. The van der Waals surface area contributed by atoms with Crippen molar-refractivity contribution in [3.8, 4) is 11.4 Å². The van der Waals surface area contributed by atoms with Crippen molar-refractivity contribution in [2.45, 2.75) is 13.3 Å². The zero-order chi connectivity index (χ0) is 25.3. The summed E-state index contributed by atoms with van der Waals surface area (Å²) in [7, 11) is 0. The first-order valence-electron chi connectivity index (χ1n) is 11.7. The van der Waals surface area contributed by atoms with Crippen LogP contribution in [0.25, 0.3) is 22.3 Å². The van der Waals surface area contributed by atoms with Crippen molar-refractivity contribution in [2.24, 2.45) is 0 Å². The van der Waals surface area contributed by atoms with Crippen LogP contribution >= 0.6 is 11.6 Å². The number of hydrogen-bond donors (Lipinski definition) is 5. The van der Waals surface area contributed by atoms with Gasteiger partial charge in [0.15, 0.2) is 5.82 Å². The number of carbonyl (C=O) groups is 2. The number of nitrogens with zero attached hydrogens (tertiary/aromatic N) is 2. The van der Waals surface area contributed by atoms with Crippen LogP contribution in [0, 0.1) is 0 Å². The van der Waals surface area contributed by atoms with Gasteiger partial charge >= 0.3 is 0 Å². The Balaban J connectivity index is 1.35. The van der Waals surface area contributed by atoms with E-state index in [1.807, 2.05) is 42.6 Å². The summed E-state index contributed by atoms with van der Waals surface area (Å²) in [4.78, 5) is 35.9. The lowest BCUT2D eigenvalue weighted by atomic mass is 10.1. The van der Waals surface area contributed by atoms with Crippen LogP contribution in [0.4, 0.5) is 11.6 Å². The number of rotatable bonds is 11. The molecule has 9 nitrogen and oxygen atoms in total. The summed E-state index contributed by atoms with van der Waals surface area (Å²) in [5.41, 5.74) is 2.80. The number of amides is 2. The van der Waals surface area contributed by atoms with E-state index in [1.165, 1.54) is 6.92 Å². The Bertz CT molecular complexity index is 1340. The van der Waals surface area contributed by atoms with Gasteiger partial charge in [-0.05, 0) is 35.9 Å². The molecule has 0 unspecified atom stereocenters. The molecular formula is C26H28ClN7O2. The summed E-state index contributed by atoms with van der Waals surface area (Å²) in [6.07, 6.45) is 2.18. The second-order valence-electron chi connectivity index (χ2n) is 8.19. The smallest absolute Gasteiger partial charge is 0.224 e. The molecule has 0 aliphatic rings. The van der Waals surface area contributed by atoms with E-state index in [0.29, 0.717) is 55.1 Å². The molecule has 0 fully saturated rings. The zero-order valence-corrected chi connectivity index (χ0v) is 20.7. The first-order chi connectivity index (χ1) is 17.5. The minimum Gasteiger partial charge on any atom is -0.368 e. The Hall–Kier alpha value is -4.11. The normalized spacial score (nSPS) is 10.7. The van der Waals surface area contributed by atoms with E-state index in [1.54, 1.807) is 18.2 Å². The monoisotopic (exact) mass is 505 g/mol. The molecule has 0 saturated carbocycles.